The molecule has 0 spiro atoms. The van der Waals surface area contributed by atoms with Gasteiger partial charge in [0.1, 0.15) is 0 Å². The van der Waals surface area contributed by atoms with Crippen LogP contribution in [0.25, 0.3) is 0 Å². The van der Waals surface area contributed by atoms with Crippen molar-refractivity contribution < 1.29 is 9.53 Å². The lowest BCUT2D eigenvalue weighted by molar-refractivity contribution is -0.141. The normalized spacial score (nSPS) is 29.7. The van der Waals surface area contributed by atoms with E-state index in [2.05, 4.69) is 4.99 Å². The van der Waals surface area contributed by atoms with Gasteiger partial charge in [0.2, 0.25) is 0 Å². The van der Waals surface area contributed by atoms with Crippen LogP contribution in [0, 0.1) is 11.8 Å². The number of carbonyl (C=O) groups is 1. The first kappa shape index (κ1) is 9.23. The Hall–Kier alpha value is -0.860. The van der Waals surface area contributed by atoms with E-state index in [1.54, 1.807) is 7.05 Å². The molecular weight excluding hydrogens is 154 g/mol. The molecule has 0 unspecified atom stereocenters. The summed E-state index contributed by atoms with van der Waals surface area (Å²) in [4.78, 5) is 15.0. The molecule has 1 aliphatic rings. The SMILES string of the molecule is CC[C@@H]1C(=O)OC[C@@H]1CC=NC. The molecule has 0 aliphatic carbocycles. The van der Waals surface area contributed by atoms with Crippen LogP contribution >= 0.6 is 0 Å². The highest BCUT2D eigenvalue weighted by Crippen LogP contribution is 2.26. The van der Waals surface area contributed by atoms with E-state index in [0.717, 1.165) is 12.8 Å². The van der Waals surface area contributed by atoms with E-state index in [1.807, 2.05) is 13.1 Å². The average Bonchev–Trinajstić information content (AvgIpc) is 2.43. The third kappa shape index (κ3) is 1.84. The van der Waals surface area contributed by atoms with Crippen molar-refractivity contribution in [2.75, 3.05) is 13.7 Å². The van der Waals surface area contributed by atoms with E-state index >= 15 is 0 Å². The summed E-state index contributed by atoms with van der Waals surface area (Å²) < 4.78 is 4.97. The van der Waals surface area contributed by atoms with Gasteiger partial charge in [-0.2, -0.15) is 0 Å². The summed E-state index contributed by atoms with van der Waals surface area (Å²) in [6.07, 6.45) is 3.59. The fraction of sp³-hybridized carbons (Fsp3) is 0.778. The van der Waals surface area contributed by atoms with E-state index < -0.39 is 0 Å². The molecule has 0 aromatic heterocycles. The number of nitrogens with zero attached hydrogens (tertiary/aromatic N) is 1. The smallest absolute Gasteiger partial charge is 0.309 e. The number of esters is 1. The van der Waals surface area contributed by atoms with Crippen molar-refractivity contribution in [2.45, 2.75) is 19.8 Å². The number of cyclic esters (lactones) is 1. The number of hydrogen-bond acceptors (Lipinski definition) is 3. The molecule has 1 fully saturated rings. The number of rotatable bonds is 3. The molecule has 0 saturated carbocycles. The zero-order valence-electron chi connectivity index (χ0n) is 7.62. The largest absolute Gasteiger partial charge is 0.465 e. The molecule has 1 saturated heterocycles. The molecule has 68 valence electrons. The zero-order valence-corrected chi connectivity index (χ0v) is 7.62. The Labute approximate surface area is 72.8 Å². The second-order valence-electron chi connectivity index (χ2n) is 3.08. The third-order valence-corrected chi connectivity index (χ3v) is 2.34. The van der Waals surface area contributed by atoms with Crippen LogP contribution in [0.15, 0.2) is 4.99 Å². The fourth-order valence-electron chi connectivity index (χ4n) is 1.58. The molecule has 0 aromatic rings. The number of carbonyl (C=O) groups excluding carboxylic acids is 1. The highest BCUT2D eigenvalue weighted by atomic mass is 16.5. The van der Waals surface area contributed by atoms with Crippen molar-refractivity contribution in [1.29, 1.82) is 0 Å². The van der Waals surface area contributed by atoms with Crippen LogP contribution in [0.3, 0.4) is 0 Å². The summed E-state index contributed by atoms with van der Waals surface area (Å²) in [6, 6.07) is 0. The van der Waals surface area contributed by atoms with Gasteiger partial charge in [-0.3, -0.25) is 4.79 Å². The molecule has 0 radical (unpaired) electrons. The van der Waals surface area contributed by atoms with Gasteiger partial charge in [0, 0.05) is 13.0 Å². The van der Waals surface area contributed by atoms with Crippen molar-refractivity contribution in [2.24, 2.45) is 16.8 Å². The highest BCUT2D eigenvalue weighted by molar-refractivity contribution is 5.75. The van der Waals surface area contributed by atoms with Gasteiger partial charge in [0.25, 0.3) is 0 Å². The predicted octanol–water partition coefficient (Wildman–Crippen LogP) is 1.28. The fourth-order valence-corrected chi connectivity index (χ4v) is 1.58. The van der Waals surface area contributed by atoms with Crippen LogP contribution < -0.4 is 0 Å². The van der Waals surface area contributed by atoms with Crippen LogP contribution in [-0.2, 0) is 9.53 Å². The Morgan fingerprint density at radius 1 is 1.75 bits per heavy atom. The second-order valence-corrected chi connectivity index (χ2v) is 3.08. The first-order valence-electron chi connectivity index (χ1n) is 4.36. The standard InChI is InChI=1S/C9H15NO2/c1-3-8-7(4-5-10-2)6-12-9(8)11/h5,7-8H,3-4,6H2,1-2H3/t7-,8-/m0/s1. The van der Waals surface area contributed by atoms with Gasteiger partial charge in [-0.05, 0) is 19.1 Å². The lowest BCUT2D eigenvalue weighted by atomic mass is 9.91. The van der Waals surface area contributed by atoms with Crippen molar-refractivity contribution >= 4 is 12.2 Å². The van der Waals surface area contributed by atoms with Gasteiger partial charge in [0.05, 0.1) is 12.5 Å². The molecular formula is C9H15NO2. The lowest BCUT2D eigenvalue weighted by Gasteiger charge is -2.09. The second kappa shape index (κ2) is 4.24. The van der Waals surface area contributed by atoms with Gasteiger partial charge in [-0.15, -0.1) is 0 Å². The molecule has 0 amide bonds. The minimum absolute atomic E-state index is 0.0352. The summed E-state index contributed by atoms with van der Waals surface area (Å²) in [5.74, 6) is 0.418. The van der Waals surface area contributed by atoms with Crippen molar-refractivity contribution in [3.8, 4) is 0 Å². The van der Waals surface area contributed by atoms with Gasteiger partial charge in [-0.25, -0.2) is 0 Å². The van der Waals surface area contributed by atoms with Gasteiger partial charge >= 0.3 is 5.97 Å². The topological polar surface area (TPSA) is 38.7 Å². The Morgan fingerprint density at radius 2 is 2.50 bits per heavy atom. The molecule has 0 N–H and O–H groups in total. The van der Waals surface area contributed by atoms with Crippen LogP contribution in [0.5, 0.6) is 0 Å². The summed E-state index contributed by atoms with van der Waals surface area (Å²) in [7, 11) is 1.75. The molecule has 0 bridgehead atoms. The molecule has 1 aliphatic heterocycles. The number of hydrogen-bond donors (Lipinski definition) is 0. The first-order valence-corrected chi connectivity index (χ1v) is 4.36. The maximum absolute atomic E-state index is 11.1. The summed E-state index contributed by atoms with van der Waals surface area (Å²) in [5, 5.41) is 0. The minimum Gasteiger partial charge on any atom is -0.465 e. The van der Waals surface area contributed by atoms with Crippen molar-refractivity contribution in [3.63, 3.8) is 0 Å². The number of ether oxygens (including phenoxy) is 1. The zero-order chi connectivity index (χ0) is 8.97. The van der Waals surface area contributed by atoms with E-state index in [1.165, 1.54) is 0 Å². The van der Waals surface area contributed by atoms with Crippen LogP contribution in [0.2, 0.25) is 0 Å². The Morgan fingerprint density at radius 3 is 3.08 bits per heavy atom. The third-order valence-electron chi connectivity index (χ3n) is 2.34. The summed E-state index contributed by atoms with van der Waals surface area (Å²) >= 11 is 0. The quantitative estimate of drug-likeness (QED) is 0.471. The van der Waals surface area contributed by atoms with Gasteiger partial charge in [-0.1, -0.05) is 6.92 Å². The van der Waals surface area contributed by atoms with Crippen LogP contribution in [-0.4, -0.2) is 25.8 Å². The first-order chi connectivity index (χ1) is 5.79. The molecule has 12 heavy (non-hydrogen) atoms. The van der Waals surface area contributed by atoms with Gasteiger partial charge < -0.3 is 9.73 Å². The maximum Gasteiger partial charge on any atom is 0.309 e. The summed E-state index contributed by atoms with van der Waals surface area (Å²) in [5.41, 5.74) is 0. The molecule has 0 aromatic carbocycles. The highest BCUT2D eigenvalue weighted by Gasteiger charge is 2.34. The van der Waals surface area contributed by atoms with E-state index in [9.17, 15) is 4.79 Å². The monoisotopic (exact) mass is 169 g/mol. The predicted molar refractivity (Wildman–Crippen MR) is 47.3 cm³/mol. The van der Waals surface area contributed by atoms with Crippen molar-refractivity contribution in [3.05, 3.63) is 0 Å². The molecule has 3 nitrogen and oxygen atoms in total. The van der Waals surface area contributed by atoms with Crippen molar-refractivity contribution in [1.82, 2.24) is 0 Å². The molecule has 1 heterocycles. The molecule has 1 rings (SSSR count). The molecule has 3 heteroatoms. The maximum atomic E-state index is 11.1. The lowest BCUT2D eigenvalue weighted by Crippen LogP contribution is -2.15. The summed E-state index contributed by atoms with van der Waals surface area (Å²) in [6.45, 7) is 2.59. The molecule has 2 atom stereocenters. The Balaban J connectivity index is 2.48. The minimum atomic E-state index is -0.0352. The van der Waals surface area contributed by atoms with E-state index in [4.69, 9.17) is 4.74 Å². The van der Waals surface area contributed by atoms with E-state index in [0.29, 0.717) is 12.5 Å². The van der Waals surface area contributed by atoms with Gasteiger partial charge in [0.15, 0.2) is 0 Å². The Kier molecular flexibility index (Phi) is 3.26. The van der Waals surface area contributed by atoms with Crippen LogP contribution in [0.4, 0.5) is 0 Å². The number of aliphatic imine (C=N–C) groups is 1. The Bertz CT molecular complexity index is 189. The average molecular weight is 169 g/mol. The van der Waals surface area contributed by atoms with E-state index in [-0.39, 0.29) is 11.9 Å². The van der Waals surface area contributed by atoms with Crippen LogP contribution in [0.1, 0.15) is 19.8 Å².